The highest BCUT2D eigenvalue weighted by Gasteiger charge is 2.30. The molecule has 1 saturated carbocycles. The van der Waals surface area contributed by atoms with Crippen LogP contribution in [0.4, 0.5) is 17.6 Å². The third kappa shape index (κ3) is 3.14. The number of hydrogen-bond donors (Lipinski definition) is 0. The Balaban J connectivity index is 2.36. The monoisotopic (exact) mass is 372 g/mol. The third-order valence-corrected chi connectivity index (χ3v) is 5.22. The average Bonchev–Trinajstić information content (AvgIpc) is 2.44. The van der Waals surface area contributed by atoms with Gasteiger partial charge in [-0.25, -0.2) is 17.6 Å². The highest BCUT2D eigenvalue weighted by molar-refractivity contribution is 9.09. The first-order valence-corrected chi connectivity index (χ1v) is 7.97. The maximum absolute atomic E-state index is 13.8. The van der Waals surface area contributed by atoms with Gasteiger partial charge in [0.05, 0.1) is 5.56 Å². The van der Waals surface area contributed by atoms with E-state index in [9.17, 15) is 17.6 Å². The molecule has 6 heteroatoms. The van der Waals surface area contributed by atoms with E-state index in [1.165, 1.54) is 0 Å². The minimum Gasteiger partial charge on any atom is -0.205 e. The van der Waals surface area contributed by atoms with Crippen LogP contribution in [-0.4, -0.2) is 5.33 Å². The molecule has 112 valence electrons. The molecule has 1 aliphatic carbocycles. The van der Waals surface area contributed by atoms with E-state index in [1.807, 2.05) is 0 Å². The molecular formula is C14H14BrClF4. The molecule has 0 nitrogen and oxygen atoms in total. The Morgan fingerprint density at radius 1 is 1.20 bits per heavy atom. The summed E-state index contributed by atoms with van der Waals surface area (Å²) in [5.74, 6) is -2.01. The smallest absolute Gasteiger partial charge is 0.205 e. The first kappa shape index (κ1) is 16.1. The number of benzene rings is 1. The average molecular weight is 374 g/mol. The Morgan fingerprint density at radius 2 is 1.80 bits per heavy atom. The molecule has 0 N–H and O–H groups in total. The van der Waals surface area contributed by atoms with Crippen molar-refractivity contribution in [2.75, 3.05) is 5.33 Å². The molecule has 2 rings (SSSR count). The van der Waals surface area contributed by atoms with E-state index < -0.39 is 28.6 Å². The molecule has 0 unspecified atom stereocenters. The summed E-state index contributed by atoms with van der Waals surface area (Å²) in [6.07, 6.45) is 0.0686. The Morgan fingerprint density at radius 3 is 2.30 bits per heavy atom. The van der Waals surface area contributed by atoms with Crippen LogP contribution in [0.1, 0.15) is 49.2 Å². The summed E-state index contributed by atoms with van der Waals surface area (Å²) in [6, 6.07) is 0.978. The molecule has 0 saturated heterocycles. The fraction of sp³-hybridized carbons (Fsp3) is 0.571. The summed E-state index contributed by atoms with van der Waals surface area (Å²) in [4.78, 5) is 0. The van der Waals surface area contributed by atoms with E-state index >= 15 is 0 Å². The van der Waals surface area contributed by atoms with Gasteiger partial charge in [-0.05, 0) is 49.1 Å². The Labute approximate surface area is 128 Å². The van der Waals surface area contributed by atoms with E-state index in [1.54, 1.807) is 0 Å². The zero-order valence-corrected chi connectivity index (χ0v) is 13.0. The van der Waals surface area contributed by atoms with Gasteiger partial charge < -0.3 is 0 Å². The van der Waals surface area contributed by atoms with Crippen molar-refractivity contribution >= 4 is 27.5 Å². The summed E-state index contributed by atoms with van der Waals surface area (Å²) >= 11 is 8.79. The van der Waals surface area contributed by atoms with E-state index in [-0.39, 0.29) is 11.5 Å². The molecule has 0 amide bonds. The van der Waals surface area contributed by atoms with E-state index in [0.717, 1.165) is 24.2 Å². The van der Waals surface area contributed by atoms with Crippen molar-refractivity contribution in [3.63, 3.8) is 0 Å². The van der Waals surface area contributed by atoms with Crippen LogP contribution < -0.4 is 0 Å². The van der Waals surface area contributed by atoms with Gasteiger partial charge in [0.15, 0.2) is 5.82 Å². The molecular weight excluding hydrogens is 360 g/mol. The van der Waals surface area contributed by atoms with Gasteiger partial charge in [0, 0.05) is 5.33 Å². The molecule has 0 bridgehead atoms. The third-order valence-electron chi connectivity index (χ3n) is 3.96. The lowest BCUT2D eigenvalue weighted by atomic mass is 9.78. The van der Waals surface area contributed by atoms with Crippen molar-refractivity contribution in [2.45, 2.75) is 38.0 Å². The zero-order chi connectivity index (χ0) is 14.9. The van der Waals surface area contributed by atoms with Crippen LogP contribution in [0.5, 0.6) is 0 Å². The Hall–Kier alpha value is -0.290. The highest BCUT2D eigenvalue weighted by atomic mass is 79.9. The van der Waals surface area contributed by atoms with E-state index in [2.05, 4.69) is 15.9 Å². The maximum atomic E-state index is 13.8. The van der Waals surface area contributed by atoms with Crippen LogP contribution >= 0.6 is 27.5 Å². The summed E-state index contributed by atoms with van der Waals surface area (Å²) in [6.45, 7) is 0. The number of halogens is 6. The van der Waals surface area contributed by atoms with Crippen LogP contribution in [0, 0.1) is 17.6 Å². The fourth-order valence-electron chi connectivity index (χ4n) is 2.81. The fourth-order valence-corrected chi connectivity index (χ4v) is 3.62. The molecule has 0 aromatic heterocycles. The molecule has 0 spiro atoms. The summed E-state index contributed by atoms with van der Waals surface area (Å²) in [5.41, 5.74) is -0.661. The van der Waals surface area contributed by atoms with Gasteiger partial charge in [0.2, 0.25) is 0 Å². The van der Waals surface area contributed by atoms with Crippen molar-refractivity contribution in [3.05, 3.63) is 33.9 Å². The van der Waals surface area contributed by atoms with Gasteiger partial charge in [0.25, 0.3) is 6.43 Å². The number of hydrogen-bond acceptors (Lipinski definition) is 0. The Bertz CT molecular complexity index is 485. The van der Waals surface area contributed by atoms with Crippen LogP contribution in [0.15, 0.2) is 6.07 Å². The second kappa shape index (κ2) is 6.65. The lowest BCUT2D eigenvalue weighted by molar-refractivity contribution is 0.143. The Kier molecular flexibility index (Phi) is 5.35. The topological polar surface area (TPSA) is 0 Å². The van der Waals surface area contributed by atoms with Gasteiger partial charge in [-0.3, -0.25) is 0 Å². The highest BCUT2D eigenvalue weighted by Crippen LogP contribution is 2.42. The second-order valence-electron chi connectivity index (χ2n) is 5.16. The van der Waals surface area contributed by atoms with Crippen LogP contribution in [0.25, 0.3) is 0 Å². The van der Waals surface area contributed by atoms with Crippen molar-refractivity contribution < 1.29 is 17.6 Å². The summed E-state index contributed by atoms with van der Waals surface area (Å²) in [7, 11) is 0. The quantitative estimate of drug-likeness (QED) is 0.335. The molecule has 1 aliphatic rings. The standard InChI is InChI=1S/C14H14BrClF4/c15-6-7-1-3-8(4-2-7)9-5-10(17)12(16)13(18)11(9)14(19)20/h5,7-8,14H,1-4,6H2. The lowest BCUT2D eigenvalue weighted by Crippen LogP contribution is -2.16. The van der Waals surface area contributed by atoms with Gasteiger partial charge in [-0.1, -0.05) is 27.5 Å². The van der Waals surface area contributed by atoms with Gasteiger partial charge >= 0.3 is 0 Å². The van der Waals surface area contributed by atoms with Crippen molar-refractivity contribution in [1.29, 1.82) is 0 Å². The molecule has 0 atom stereocenters. The van der Waals surface area contributed by atoms with Crippen LogP contribution in [0.2, 0.25) is 5.02 Å². The molecule has 1 fully saturated rings. The molecule has 0 heterocycles. The predicted molar refractivity (Wildman–Crippen MR) is 74.8 cm³/mol. The number of rotatable bonds is 3. The normalized spacial score (nSPS) is 23.4. The molecule has 0 aliphatic heterocycles. The van der Waals surface area contributed by atoms with Gasteiger partial charge in [-0.2, -0.15) is 0 Å². The first-order valence-electron chi connectivity index (χ1n) is 6.47. The molecule has 20 heavy (non-hydrogen) atoms. The largest absolute Gasteiger partial charge is 0.267 e. The van der Waals surface area contributed by atoms with Crippen LogP contribution in [0.3, 0.4) is 0 Å². The van der Waals surface area contributed by atoms with Gasteiger partial charge in [0.1, 0.15) is 10.8 Å². The van der Waals surface area contributed by atoms with Crippen molar-refractivity contribution in [1.82, 2.24) is 0 Å². The van der Waals surface area contributed by atoms with E-state index in [4.69, 9.17) is 11.6 Å². The van der Waals surface area contributed by atoms with E-state index in [0.29, 0.717) is 18.8 Å². The molecule has 1 aromatic rings. The van der Waals surface area contributed by atoms with Gasteiger partial charge in [-0.15, -0.1) is 0 Å². The maximum Gasteiger partial charge on any atom is 0.267 e. The number of alkyl halides is 3. The SMILES string of the molecule is Fc1cc(C2CCC(CBr)CC2)c(C(F)F)c(F)c1Cl. The lowest BCUT2D eigenvalue weighted by Gasteiger charge is -2.29. The molecule has 0 radical (unpaired) electrons. The van der Waals surface area contributed by atoms with Crippen molar-refractivity contribution in [3.8, 4) is 0 Å². The van der Waals surface area contributed by atoms with Crippen LogP contribution in [-0.2, 0) is 0 Å². The first-order chi connectivity index (χ1) is 9.45. The summed E-state index contributed by atoms with van der Waals surface area (Å²) in [5, 5.41) is 0.0169. The predicted octanol–water partition coefficient (Wildman–Crippen LogP) is 6.22. The molecule has 1 aromatic carbocycles. The van der Waals surface area contributed by atoms with Crippen molar-refractivity contribution in [2.24, 2.45) is 5.92 Å². The minimum absolute atomic E-state index is 0.0763. The minimum atomic E-state index is -2.99. The zero-order valence-electron chi connectivity index (χ0n) is 10.6. The second-order valence-corrected chi connectivity index (χ2v) is 6.19. The summed E-state index contributed by atoms with van der Waals surface area (Å²) < 4.78 is 53.5.